The number of nitrogens with one attached hydrogen (secondary N) is 1. The van der Waals surface area contributed by atoms with Gasteiger partial charge < -0.3 is 10.2 Å². The van der Waals surface area contributed by atoms with Gasteiger partial charge in [0, 0.05) is 30.9 Å². The second-order valence-corrected chi connectivity index (χ2v) is 9.98. The molecule has 0 radical (unpaired) electrons. The Morgan fingerprint density at radius 2 is 1.88 bits per heavy atom. The number of hydrogen-bond donors (Lipinski definition) is 1. The number of nitrogens with zero attached hydrogens (tertiary/aromatic N) is 4. The zero-order valence-electron chi connectivity index (χ0n) is 21.4. The maximum atomic E-state index is 15.2. The first kappa shape index (κ1) is 27.3. The van der Waals surface area contributed by atoms with Crippen LogP contribution in [0.5, 0.6) is 0 Å². The third-order valence-corrected chi connectivity index (χ3v) is 7.43. The van der Waals surface area contributed by atoms with Crippen molar-refractivity contribution in [2.24, 2.45) is 7.05 Å². The van der Waals surface area contributed by atoms with E-state index in [-0.39, 0.29) is 23.1 Å². The first-order valence-electron chi connectivity index (χ1n) is 12.4. The van der Waals surface area contributed by atoms with Crippen LogP contribution < -0.4 is 5.32 Å². The molecule has 40 heavy (non-hydrogen) atoms. The second kappa shape index (κ2) is 9.72. The minimum Gasteiger partial charge on any atom is -0.325 e. The summed E-state index contributed by atoms with van der Waals surface area (Å²) in [5.41, 5.74) is 0.231. The van der Waals surface area contributed by atoms with E-state index in [0.29, 0.717) is 27.3 Å². The van der Waals surface area contributed by atoms with Gasteiger partial charge in [0.15, 0.2) is 0 Å². The summed E-state index contributed by atoms with van der Waals surface area (Å²) < 4.78 is 70.9. The van der Waals surface area contributed by atoms with E-state index < -0.39 is 60.3 Å². The van der Waals surface area contributed by atoms with Gasteiger partial charge in [0.1, 0.15) is 29.8 Å². The highest BCUT2D eigenvalue weighted by atomic mass is 19.4. The van der Waals surface area contributed by atoms with Crippen molar-refractivity contribution in [3.8, 4) is 11.1 Å². The summed E-state index contributed by atoms with van der Waals surface area (Å²) in [4.78, 5) is 40.7. The first-order valence-corrected chi connectivity index (χ1v) is 12.4. The van der Waals surface area contributed by atoms with Gasteiger partial charge >= 0.3 is 12.2 Å². The Morgan fingerprint density at radius 1 is 1.18 bits per heavy atom. The Kier molecular flexibility index (Phi) is 6.63. The van der Waals surface area contributed by atoms with E-state index >= 15 is 4.39 Å². The minimum absolute atomic E-state index is 0.0891. The molecule has 2 atom stereocenters. The van der Waals surface area contributed by atoms with Crippen molar-refractivity contribution < 1.29 is 36.3 Å². The fourth-order valence-corrected chi connectivity index (χ4v) is 5.21. The third-order valence-electron chi connectivity index (χ3n) is 7.43. The molecule has 1 saturated heterocycles. The maximum absolute atomic E-state index is 15.2. The Labute approximate surface area is 225 Å². The molecule has 210 valence electrons. The summed E-state index contributed by atoms with van der Waals surface area (Å²) in [5, 5.41) is 6.59. The summed E-state index contributed by atoms with van der Waals surface area (Å²) in [5.74, 6) is -3.23. The Morgan fingerprint density at radius 3 is 2.50 bits per heavy atom. The number of hydrogen-bond acceptors (Lipinski definition) is 4. The number of amides is 4. The Hall–Kier alpha value is -4.29. The summed E-state index contributed by atoms with van der Waals surface area (Å²) >= 11 is 0. The molecule has 0 bridgehead atoms. The van der Waals surface area contributed by atoms with Crippen LogP contribution in [0.3, 0.4) is 0 Å². The number of alkyl halides is 3. The van der Waals surface area contributed by atoms with Crippen molar-refractivity contribution in [3.63, 3.8) is 0 Å². The summed E-state index contributed by atoms with van der Waals surface area (Å²) in [6.07, 6.45) is -1.28. The predicted molar refractivity (Wildman–Crippen MR) is 131 cm³/mol. The highest BCUT2D eigenvalue weighted by Crippen LogP contribution is 2.43. The molecule has 1 aliphatic heterocycles. The molecule has 0 saturated carbocycles. The van der Waals surface area contributed by atoms with Crippen molar-refractivity contribution in [1.29, 1.82) is 0 Å². The van der Waals surface area contributed by atoms with Gasteiger partial charge in [-0.3, -0.25) is 19.2 Å². The van der Waals surface area contributed by atoms with Gasteiger partial charge in [-0.05, 0) is 60.7 Å². The summed E-state index contributed by atoms with van der Waals surface area (Å²) in [7, 11) is 1.68. The lowest BCUT2D eigenvalue weighted by Crippen LogP contribution is -2.51. The van der Waals surface area contributed by atoms with Gasteiger partial charge in [0.05, 0.1) is 6.20 Å². The number of aromatic nitrogens is 2. The first-order chi connectivity index (χ1) is 18.8. The fourth-order valence-electron chi connectivity index (χ4n) is 5.21. The molecule has 1 aromatic heterocycles. The zero-order valence-corrected chi connectivity index (χ0v) is 21.4. The third kappa shape index (κ3) is 4.69. The molecule has 2 heterocycles. The van der Waals surface area contributed by atoms with Crippen LogP contribution in [0, 0.1) is 11.6 Å². The number of halogens is 5. The summed E-state index contributed by atoms with van der Waals surface area (Å²) in [6.45, 7) is -0.704. The number of carbonyl (C=O) groups is 3. The van der Waals surface area contributed by atoms with Crippen LogP contribution in [-0.2, 0) is 35.1 Å². The van der Waals surface area contributed by atoms with Crippen LogP contribution in [0.4, 0.5) is 26.7 Å². The maximum Gasteiger partial charge on any atom is 0.408 e. The van der Waals surface area contributed by atoms with Crippen molar-refractivity contribution in [1.82, 2.24) is 24.9 Å². The van der Waals surface area contributed by atoms with Crippen LogP contribution in [0.1, 0.15) is 30.0 Å². The van der Waals surface area contributed by atoms with Gasteiger partial charge in [-0.2, -0.15) is 18.3 Å². The molecule has 1 spiro atoms. The standard InChI is InChI=1S/C27H24F5N5O3/c1-15(27(30,31)32)36(12-16-3-5-19(28)6-4-16)23(38)14-37-24(39)26(34-25(37)40)8-7-17-9-20(22(29)10-21(17)26)18-11-33-35(2)13-18/h3-6,9-11,13,15H,7-8,12,14H2,1-2H3,(H,34,40)/t15-,26?/m0/s1. The highest BCUT2D eigenvalue weighted by Gasteiger charge is 2.56. The molecule has 5 rings (SSSR count). The van der Waals surface area contributed by atoms with Crippen LogP contribution >= 0.6 is 0 Å². The molecule has 8 nitrogen and oxygen atoms in total. The van der Waals surface area contributed by atoms with E-state index in [2.05, 4.69) is 10.4 Å². The summed E-state index contributed by atoms with van der Waals surface area (Å²) in [6, 6.07) is 4.11. The number of carbonyl (C=O) groups excluding carboxylic acids is 3. The van der Waals surface area contributed by atoms with E-state index in [9.17, 15) is 31.9 Å². The quantitative estimate of drug-likeness (QED) is 0.364. The normalized spacial score (nSPS) is 19.2. The molecule has 3 aromatic rings. The number of benzene rings is 2. The average Bonchev–Trinajstić information content (AvgIpc) is 3.54. The monoisotopic (exact) mass is 561 g/mol. The second-order valence-electron chi connectivity index (χ2n) is 9.98. The lowest BCUT2D eigenvalue weighted by molar-refractivity contribution is -0.187. The van der Waals surface area contributed by atoms with E-state index in [0.717, 1.165) is 19.1 Å². The predicted octanol–water partition coefficient (Wildman–Crippen LogP) is 4.04. The van der Waals surface area contributed by atoms with Gasteiger partial charge in [-0.1, -0.05) is 12.1 Å². The Bertz CT molecular complexity index is 1500. The molecule has 1 aliphatic carbocycles. The van der Waals surface area contributed by atoms with E-state index in [4.69, 9.17) is 0 Å². The van der Waals surface area contributed by atoms with Crippen molar-refractivity contribution in [2.45, 2.75) is 44.1 Å². The SMILES string of the molecule is C[C@H](N(Cc1ccc(F)cc1)C(=O)CN1C(=O)NC2(CCc3cc(-c4cnn(C)c4)c(F)cc32)C1=O)C(F)(F)F. The largest absolute Gasteiger partial charge is 0.408 e. The molecular formula is C27H24F5N5O3. The van der Waals surface area contributed by atoms with E-state index in [1.54, 1.807) is 19.3 Å². The molecule has 2 aromatic carbocycles. The lowest BCUT2D eigenvalue weighted by Gasteiger charge is -2.32. The van der Waals surface area contributed by atoms with Crippen LogP contribution in [-0.4, -0.2) is 56.2 Å². The van der Waals surface area contributed by atoms with Gasteiger partial charge in [0.2, 0.25) is 5.91 Å². The van der Waals surface area contributed by atoms with E-state index in [1.807, 2.05) is 0 Å². The number of urea groups is 1. The molecule has 1 N–H and O–H groups in total. The Balaban J connectivity index is 1.41. The van der Waals surface area contributed by atoms with Crippen molar-refractivity contribution in [2.75, 3.05) is 6.54 Å². The number of fused-ring (bicyclic) bond motifs is 2. The minimum atomic E-state index is -4.80. The molecule has 1 unspecified atom stereocenters. The number of rotatable bonds is 6. The van der Waals surface area contributed by atoms with Crippen LogP contribution in [0.2, 0.25) is 0 Å². The molecule has 13 heteroatoms. The highest BCUT2D eigenvalue weighted by molar-refractivity contribution is 6.10. The average molecular weight is 562 g/mol. The van der Waals surface area contributed by atoms with Crippen molar-refractivity contribution >= 4 is 17.8 Å². The van der Waals surface area contributed by atoms with Gasteiger partial charge in [0.25, 0.3) is 5.91 Å². The van der Waals surface area contributed by atoms with E-state index in [1.165, 1.54) is 29.1 Å². The van der Waals surface area contributed by atoms with Crippen LogP contribution in [0.25, 0.3) is 11.1 Å². The fraction of sp³-hybridized carbons (Fsp3) is 0.333. The number of aryl methyl sites for hydroxylation is 2. The van der Waals surface area contributed by atoms with Crippen LogP contribution in [0.15, 0.2) is 48.8 Å². The molecular weight excluding hydrogens is 537 g/mol. The molecule has 1 fully saturated rings. The van der Waals surface area contributed by atoms with Crippen molar-refractivity contribution in [3.05, 3.63) is 77.1 Å². The lowest BCUT2D eigenvalue weighted by atomic mass is 9.90. The topological polar surface area (TPSA) is 87.5 Å². The van der Waals surface area contributed by atoms with Gasteiger partial charge in [-0.15, -0.1) is 0 Å². The van der Waals surface area contributed by atoms with Gasteiger partial charge in [-0.25, -0.2) is 13.6 Å². The number of imide groups is 1. The smallest absolute Gasteiger partial charge is 0.325 e. The molecule has 2 aliphatic rings. The molecule has 4 amide bonds. The zero-order chi connectivity index (χ0) is 29.0.